The van der Waals surface area contributed by atoms with Crippen LogP contribution in [0.15, 0.2) is 29.3 Å². The molecule has 18 heavy (non-hydrogen) atoms. The second-order valence-electron chi connectivity index (χ2n) is 4.07. The summed E-state index contributed by atoms with van der Waals surface area (Å²) < 4.78 is 0. The van der Waals surface area contributed by atoms with Gasteiger partial charge >= 0.3 is 0 Å². The fraction of sp³-hybridized carbons (Fsp3) is 0.500. The van der Waals surface area contributed by atoms with Gasteiger partial charge in [0.05, 0.1) is 6.54 Å². The van der Waals surface area contributed by atoms with Gasteiger partial charge in [-0.2, -0.15) is 0 Å². The molecule has 0 aliphatic rings. The molecule has 0 bridgehead atoms. The molecular formula is C14H22ClN3. The van der Waals surface area contributed by atoms with E-state index in [2.05, 4.69) is 29.5 Å². The van der Waals surface area contributed by atoms with Gasteiger partial charge in [-0.3, -0.25) is 0 Å². The fourth-order valence-corrected chi connectivity index (χ4v) is 1.71. The molecule has 0 fully saturated rings. The van der Waals surface area contributed by atoms with Crippen LogP contribution in [0.1, 0.15) is 32.3 Å². The minimum absolute atomic E-state index is 0.598. The quantitative estimate of drug-likeness (QED) is 0.472. The normalized spacial score (nSPS) is 11.4. The highest BCUT2D eigenvalue weighted by molar-refractivity contribution is 6.31. The smallest absolute Gasteiger partial charge is 0.191 e. The second kappa shape index (κ2) is 8.81. The van der Waals surface area contributed by atoms with E-state index in [-0.39, 0.29) is 0 Å². The molecule has 0 amide bonds. The third kappa shape index (κ3) is 5.41. The first-order chi connectivity index (χ1) is 8.77. The molecule has 2 N–H and O–H groups in total. The highest BCUT2D eigenvalue weighted by Gasteiger charge is 1.99. The van der Waals surface area contributed by atoms with Crippen LogP contribution in [0.5, 0.6) is 0 Å². The van der Waals surface area contributed by atoms with Crippen LogP contribution in [-0.4, -0.2) is 19.0 Å². The molecule has 0 aliphatic heterocycles. The van der Waals surface area contributed by atoms with Gasteiger partial charge in [0.1, 0.15) is 0 Å². The van der Waals surface area contributed by atoms with Crippen LogP contribution in [0, 0.1) is 0 Å². The molecule has 0 radical (unpaired) electrons. The maximum Gasteiger partial charge on any atom is 0.191 e. The molecule has 3 nitrogen and oxygen atoms in total. The van der Waals surface area contributed by atoms with Gasteiger partial charge < -0.3 is 10.6 Å². The van der Waals surface area contributed by atoms with Crippen molar-refractivity contribution < 1.29 is 0 Å². The van der Waals surface area contributed by atoms with E-state index in [1.54, 1.807) is 0 Å². The van der Waals surface area contributed by atoms with E-state index in [4.69, 9.17) is 11.6 Å². The lowest BCUT2D eigenvalue weighted by Crippen LogP contribution is -2.37. The zero-order valence-electron chi connectivity index (χ0n) is 11.2. The summed E-state index contributed by atoms with van der Waals surface area (Å²) in [7, 11) is 0. The molecule has 0 spiro atoms. The third-order valence-corrected chi connectivity index (χ3v) is 2.90. The summed E-state index contributed by atoms with van der Waals surface area (Å²) in [6, 6.07) is 7.81. The van der Waals surface area contributed by atoms with Gasteiger partial charge in [0.15, 0.2) is 5.96 Å². The first-order valence-electron chi connectivity index (χ1n) is 6.53. The van der Waals surface area contributed by atoms with Crippen molar-refractivity contribution in [2.45, 2.75) is 33.2 Å². The molecule has 0 unspecified atom stereocenters. The summed E-state index contributed by atoms with van der Waals surface area (Å²) in [6.07, 6.45) is 2.33. The van der Waals surface area contributed by atoms with Gasteiger partial charge in [-0.1, -0.05) is 43.1 Å². The molecular weight excluding hydrogens is 246 g/mol. The van der Waals surface area contributed by atoms with E-state index in [1.165, 1.54) is 6.42 Å². The van der Waals surface area contributed by atoms with Crippen molar-refractivity contribution in [1.29, 1.82) is 0 Å². The summed E-state index contributed by atoms with van der Waals surface area (Å²) in [4.78, 5) is 4.53. The lowest BCUT2D eigenvalue weighted by Gasteiger charge is -2.11. The van der Waals surface area contributed by atoms with E-state index < -0.39 is 0 Å². The number of aliphatic imine (C=N–C) groups is 1. The first kappa shape index (κ1) is 14.8. The predicted octanol–water partition coefficient (Wildman–Crippen LogP) is 3.20. The van der Waals surface area contributed by atoms with Gasteiger partial charge in [0.2, 0.25) is 0 Å². The molecule has 100 valence electrons. The van der Waals surface area contributed by atoms with E-state index in [1.807, 2.05) is 24.3 Å². The highest BCUT2D eigenvalue weighted by atomic mass is 35.5. The Hall–Kier alpha value is -1.22. The standard InChI is InChI=1S/C14H22ClN3/c1-3-5-10-17-14(16-4-2)18-11-12-8-6-7-9-13(12)15/h6-9H,3-5,10-11H2,1-2H3,(H2,16,17,18). The van der Waals surface area contributed by atoms with Crippen LogP contribution in [0.3, 0.4) is 0 Å². The second-order valence-corrected chi connectivity index (χ2v) is 4.47. The fourth-order valence-electron chi connectivity index (χ4n) is 1.52. The van der Waals surface area contributed by atoms with Crippen molar-refractivity contribution in [3.05, 3.63) is 34.9 Å². The van der Waals surface area contributed by atoms with E-state index in [0.717, 1.165) is 36.1 Å². The highest BCUT2D eigenvalue weighted by Crippen LogP contribution is 2.15. The van der Waals surface area contributed by atoms with Crippen LogP contribution < -0.4 is 10.6 Å². The van der Waals surface area contributed by atoms with Crippen LogP contribution in [0.2, 0.25) is 5.02 Å². The Morgan fingerprint density at radius 3 is 2.67 bits per heavy atom. The van der Waals surface area contributed by atoms with E-state index >= 15 is 0 Å². The van der Waals surface area contributed by atoms with E-state index in [9.17, 15) is 0 Å². The number of rotatable bonds is 6. The lowest BCUT2D eigenvalue weighted by atomic mass is 10.2. The molecule has 1 aromatic carbocycles. The Bertz CT molecular complexity index is 377. The topological polar surface area (TPSA) is 36.4 Å². The molecule has 1 aromatic rings. The van der Waals surface area contributed by atoms with Crippen LogP contribution in [0.4, 0.5) is 0 Å². The zero-order valence-corrected chi connectivity index (χ0v) is 11.9. The summed E-state index contributed by atoms with van der Waals surface area (Å²) in [5.41, 5.74) is 1.05. The van der Waals surface area contributed by atoms with Crippen LogP contribution >= 0.6 is 11.6 Å². The zero-order chi connectivity index (χ0) is 13.2. The molecule has 0 heterocycles. The number of unbranched alkanes of at least 4 members (excludes halogenated alkanes) is 1. The average Bonchev–Trinajstić information content (AvgIpc) is 2.38. The van der Waals surface area contributed by atoms with Crippen molar-refractivity contribution in [2.24, 2.45) is 4.99 Å². The van der Waals surface area contributed by atoms with Gasteiger partial charge in [-0.25, -0.2) is 4.99 Å². The van der Waals surface area contributed by atoms with Gasteiger partial charge in [-0.05, 0) is 25.0 Å². The average molecular weight is 268 g/mol. The lowest BCUT2D eigenvalue weighted by molar-refractivity contribution is 0.730. The third-order valence-electron chi connectivity index (χ3n) is 2.53. The minimum Gasteiger partial charge on any atom is -0.357 e. The summed E-state index contributed by atoms with van der Waals surface area (Å²) in [5, 5.41) is 7.30. The maximum absolute atomic E-state index is 6.10. The molecule has 4 heteroatoms. The molecule has 0 aromatic heterocycles. The van der Waals surface area contributed by atoms with Gasteiger partial charge in [0.25, 0.3) is 0 Å². The summed E-state index contributed by atoms with van der Waals surface area (Å²) in [5.74, 6) is 0.853. The molecule has 0 aliphatic carbocycles. The van der Waals surface area contributed by atoms with Crippen molar-refractivity contribution >= 4 is 17.6 Å². The number of nitrogens with one attached hydrogen (secondary N) is 2. The Balaban J connectivity index is 2.56. The van der Waals surface area contributed by atoms with E-state index in [0.29, 0.717) is 6.54 Å². The number of benzene rings is 1. The first-order valence-corrected chi connectivity index (χ1v) is 6.91. The SMILES string of the molecule is CCCCNC(=NCc1ccccc1Cl)NCC. The van der Waals surface area contributed by atoms with Crippen LogP contribution in [-0.2, 0) is 6.54 Å². The molecule has 0 atom stereocenters. The summed E-state index contributed by atoms with van der Waals surface area (Å²) in [6.45, 7) is 6.65. The summed E-state index contributed by atoms with van der Waals surface area (Å²) >= 11 is 6.10. The molecule has 1 rings (SSSR count). The monoisotopic (exact) mass is 267 g/mol. The number of hydrogen-bond acceptors (Lipinski definition) is 1. The Labute approximate surface area is 115 Å². The largest absolute Gasteiger partial charge is 0.357 e. The van der Waals surface area contributed by atoms with Gasteiger partial charge in [0, 0.05) is 18.1 Å². The van der Waals surface area contributed by atoms with Crippen molar-refractivity contribution in [1.82, 2.24) is 10.6 Å². The van der Waals surface area contributed by atoms with Crippen LogP contribution in [0.25, 0.3) is 0 Å². The van der Waals surface area contributed by atoms with Crippen molar-refractivity contribution in [3.63, 3.8) is 0 Å². The maximum atomic E-state index is 6.10. The van der Waals surface area contributed by atoms with Gasteiger partial charge in [-0.15, -0.1) is 0 Å². The molecule has 0 saturated carbocycles. The van der Waals surface area contributed by atoms with Crippen molar-refractivity contribution in [2.75, 3.05) is 13.1 Å². The van der Waals surface area contributed by atoms with Crippen molar-refractivity contribution in [3.8, 4) is 0 Å². The minimum atomic E-state index is 0.598. The number of hydrogen-bond donors (Lipinski definition) is 2. The Morgan fingerprint density at radius 1 is 1.22 bits per heavy atom. The Kier molecular flexibility index (Phi) is 7.26. The predicted molar refractivity (Wildman–Crippen MR) is 79.2 cm³/mol. The number of halogens is 1. The molecule has 0 saturated heterocycles. The Morgan fingerprint density at radius 2 is 2.00 bits per heavy atom. The number of guanidine groups is 1. The number of nitrogens with zero attached hydrogens (tertiary/aromatic N) is 1.